The molecule has 1 aliphatic carbocycles. The Hall–Kier alpha value is -2.05. The molecule has 3 heterocycles. The Morgan fingerprint density at radius 2 is 2.04 bits per heavy atom. The van der Waals surface area contributed by atoms with Crippen LogP contribution in [0.4, 0.5) is 0 Å². The summed E-state index contributed by atoms with van der Waals surface area (Å²) in [7, 11) is 0. The first-order valence-electron chi connectivity index (χ1n) is 9.20. The molecule has 4 rings (SSSR count). The summed E-state index contributed by atoms with van der Waals surface area (Å²) >= 11 is 0. The van der Waals surface area contributed by atoms with Gasteiger partial charge in [-0.3, -0.25) is 4.79 Å². The number of carbonyl (C=O) groups is 1. The van der Waals surface area contributed by atoms with Crippen LogP contribution < -0.4 is 0 Å². The number of hydrogen-bond donors (Lipinski definition) is 0. The quantitative estimate of drug-likeness (QED) is 0.839. The number of amides is 1. The van der Waals surface area contributed by atoms with E-state index >= 15 is 0 Å². The Morgan fingerprint density at radius 3 is 2.60 bits per heavy atom. The second kappa shape index (κ2) is 5.47. The molecule has 2 fully saturated rings. The number of carbonyl (C=O) groups excluding carboxylic acids is 1. The Kier molecular flexibility index (Phi) is 3.60. The minimum atomic E-state index is -0.361. The fourth-order valence-corrected chi connectivity index (χ4v) is 4.28. The Morgan fingerprint density at radius 1 is 1.36 bits per heavy atom. The third-order valence-corrected chi connectivity index (χ3v) is 5.80. The number of likely N-dealkylation sites (tertiary alicyclic amines) is 1. The highest BCUT2D eigenvalue weighted by Crippen LogP contribution is 2.54. The van der Waals surface area contributed by atoms with Crippen LogP contribution in [0.2, 0.25) is 0 Å². The maximum absolute atomic E-state index is 12.7. The van der Waals surface area contributed by atoms with Crippen LogP contribution >= 0.6 is 0 Å². The van der Waals surface area contributed by atoms with E-state index in [1.807, 2.05) is 29.5 Å². The molecule has 1 saturated carbocycles. The van der Waals surface area contributed by atoms with Crippen molar-refractivity contribution < 1.29 is 9.63 Å². The molecule has 1 amide bonds. The molecule has 7 nitrogen and oxygen atoms in total. The summed E-state index contributed by atoms with van der Waals surface area (Å²) in [6, 6.07) is 0.314. The fraction of sp³-hybridized carbons (Fsp3) is 0.722. The second-order valence-corrected chi connectivity index (χ2v) is 8.10. The molecule has 25 heavy (non-hydrogen) atoms. The van der Waals surface area contributed by atoms with Crippen LogP contribution in [0.1, 0.15) is 51.1 Å². The number of piperidine rings is 1. The lowest BCUT2D eigenvalue weighted by atomic mass is 10.1. The maximum atomic E-state index is 12.7. The molecule has 3 atom stereocenters. The normalized spacial score (nSPS) is 29.7. The van der Waals surface area contributed by atoms with Crippen LogP contribution in [-0.4, -0.2) is 56.5 Å². The van der Waals surface area contributed by atoms with Gasteiger partial charge < -0.3 is 19.2 Å². The van der Waals surface area contributed by atoms with Crippen molar-refractivity contribution in [1.29, 1.82) is 0 Å². The summed E-state index contributed by atoms with van der Waals surface area (Å²) in [6.45, 7) is 12.9. The number of nitrogens with zero attached hydrogens (tertiary/aromatic N) is 5. The highest BCUT2D eigenvalue weighted by molar-refractivity contribution is 5.94. The van der Waals surface area contributed by atoms with Crippen LogP contribution in [0.15, 0.2) is 17.7 Å². The molecule has 3 aliphatic rings. The molecule has 0 radical (unpaired) electrons. The van der Waals surface area contributed by atoms with Gasteiger partial charge in [-0.1, -0.05) is 5.16 Å². The number of imidazole rings is 1. The minimum absolute atomic E-state index is 0.0441. The summed E-state index contributed by atoms with van der Waals surface area (Å²) < 4.78 is 1.97. The molecule has 0 spiro atoms. The average Bonchev–Trinajstić information content (AvgIpc) is 3.00. The summed E-state index contributed by atoms with van der Waals surface area (Å²) in [6.07, 6.45) is 3.59. The van der Waals surface area contributed by atoms with Gasteiger partial charge >= 0.3 is 0 Å². The predicted octanol–water partition coefficient (Wildman–Crippen LogP) is 2.18. The number of rotatable bonds is 4. The van der Waals surface area contributed by atoms with Crippen molar-refractivity contribution in [3.63, 3.8) is 0 Å². The predicted molar refractivity (Wildman–Crippen MR) is 94.0 cm³/mol. The van der Waals surface area contributed by atoms with Crippen molar-refractivity contribution in [2.24, 2.45) is 22.9 Å². The summed E-state index contributed by atoms with van der Waals surface area (Å²) in [4.78, 5) is 26.8. The first kappa shape index (κ1) is 16.4. The summed E-state index contributed by atoms with van der Waals surface area (Å²) in [5.41, 5.74) is 0.185. The minimum Gasteiger partial charge on any atom is -0.366 e. The van der Waals surface area contributed by atoms with Crippen molar-refractivity contribution in [1.82, 2.24) is 19.4 Å². The van der Waals surface area contributed by atoms with Gasteiger partial charge in [0.2, 0.25) is 5.72 Å². The third kappa shape index (κ3) is 2.51. The summed E-state index contributed by atoms with van der Waals surface area (Å²) in [5, 5.41) is 4.36. The van der Waals surface area contributed by atoms with Crippen LogP contribution in [0.5, 0.6) is 0 Å². The smallest absolute Gasteiger partial charge is 0.274 e. The van der Waals surface area contributed by atoms with E-state index in [9.17, 15) is 4.79 Å². The molecule has 1 unspecified atom stereocenters. The van der Waals surface area contributed by atoms with Crippen molar-refractivity contribution in [2.75, 3.05) is 19.6 Å². The fourth-order valence-electron chi connectivity index (χ4n) is 4.28. The molecular formula is C18H27N5O2. The van der Waals surface area contributed by atoms with Crippen LogP contribution in [0.25, 0.3) is 0 Å². The number of aromatic nitrogens is 2. The molecule has 7 heteroatoms. The van der Waals surface area contributed by atoms with Crippen molar-refractivity contribution in [3.8, 4) is 0 Å². The van der Waals surface area contributed by atoms with E-state index in [0.29, 0.717) is 29.5 Å². The molecular weight excluding hydrogens is 318 g/mol. The SMILES string of the molecule is CCN1C(C2[C@H]3CN(C(=O)c4cn(C(C)C)cn4)C[C@@H]23)=NOC1(C)C. The molecule has 1 aromatic rings. The molecule has 136 valence electrons. The largest absolute Gasteiger partial charge is 0.366 e. The molecule has 0 N–H and O–H groups in total. The highest BCUT2D eigenvalue weighted by Gasteiger charge is 2.62. The van der Waals surface area contributed by atoms with Crippen molar-refractivity contribution in [2.45, 2.75) is 46.4 Å². The zero-order valence-corrected chi connectivity index (χ0v) is 15.6. The van der Waals surface area contributed by atoms with Gasteiger partial charge in [0, 0.05) is 37.8 Å². The van der Waals surface area contributed by atoms with E-state index in [0.717, 1.165) is 25.5 Å². The Bertz CT molecular complexity index is 711. The lowest BCUT2D eigenvalue weighted by molar-refractivity contribution is -0.0670. The first-order chi connectivity index (χ1) is 11.8. The van der Waals surface area contributed by atoms with Gasteiger partial charge in [-0.25, -0.2) is 4.98 Å². The van der Waals surface area contributed by atoms with Gasteiger partial charge in [-0.05, 0) is 46.5 Å². The van der Waals surface area contributed by atoms with Gasteiger partial charge in [-0.2, -0.15) is 0 Å². The molecule has 1 saturated heterocycles. The van der Waals surface area contributed by atoms with E-state index < -0.39 is 0 Å². The monoisotopic (exact) mass is 345 g/mol. The van der Waals surface area contributed by atoms with E-state index in [-0.39, 0.29) is 11.6 Å². The van der Waals surface area contributed by atoms with E-state index in [4.69, 9.17) is 4.84 Å². The number of hydrogen-bond acceptors (Lipinski definition) is 5. The molecule has 2 aliphatic heterocycles. The second-order valence-electron chi connectivity index (χ2n) is 8.10. The van der Waals surface area contributed by atoms with E-state index in [1.165, 1.54) is 0 Å². The van der Waals surface area contributed by atoms with Crippen molar-refractivity contribution in [3.05, 3.63) is 18.2 Å². The lowest BCUT2D eigenvalue weighted by Gasteiger charge is -2.31. The van der Waals surface area contributed by atoms with E-state index in [2.05, 4.69) is 35.8 Å². The van der Waals surface area contributed by atoms with Crippen LogP contribution in [0.3, 0.4) is 0 Å². The molecule has 0 aromatic carbocycles. The third-order valence-electron chi connectivity index (χ3n) is 5.80. The van der Waals surface area contributed by atoms with Crippen LogP contribution in [-0.2, 0) is 4.84 Å². The topological polar surface area (TPSA) is 63.0 Å². The van der Waals surface area contributed by atoms with E-state index in [1.54, 1.807) is 6.33 Å². The number of oxime groups is 1. The average molecular weight is 345 g/mol. The van der Waals surface area contributed by atoms with Gasteiger partial charge in [0.05, 0.1) is 6.33 Å². The first-order valence-corrected chi connectivity index (χ1v) is 9.20. The van der Waals surface area contributed by atoms with Gasteiger partial charge in [-0.15, -0.1) is 0 Å². The van der Waals surface area contributed by atoms with Gasteiger partial charge in [0.1, 0.15) is 5.69 Å². The molecule has 0 bridgehead atoms. The highest BCUT2D eigenvalue weighted by atomic mass is 16.7. The Labute approximate surface area is 148 Å². The van der Waals surface area contributed by atoms with Gasteiger partial charge in [0.25, 0.3) is 5.91 Å². The zero-order chi connectivity index (χ0) is 17.9. The lowest BCUT2D eigenvalue weighted by Crippen LogP contribution is -2.45. The number of fused-ring (bicyclic) bond motifs is 1. The zero-order valence-electron chi connectivity index (χ0n) is 15.6. The maximum Gasteiger partial charge on any atom is 0.274 e. The molecule has 1 aromatic heterocycles. The summed E-state index contributed by atoms with van der Waals surface area (Å²) in [5.74, 6) is 2.54. The Balaban J connectivity index is 1.40. The standard InChI is InChI=1S/C18H27N5O2/c1-6-23-16(20-25-18(23,4)5)15-12-7-21(8-13(12)15)17(24)14-9-22(10-19-14)11(2)3/h9-13,15H,6-8H2,1-5H3/t12-,13+,15?. The van der Waals surface area contributed by atoms with Crippen LogP contribution in [0, 0.1) is 17.8 Å². The number of amidine groups is 1. The van der Waals surface area contributed by atoms with Gasteiger partial charge in [0.15, 0.2) is 5.84 Å². The van der Waals surface area contributed by atoms with Crippen molar-refractivity contribution >= 4 is 11.7 Å².